The van der Waals surface area contributed by atoms with Crippen LogP contribution in [0.4, 0.5) is 4.79 Å². The Hall–Kier alpha value is -1.13. The first kappa shape index (κ1) is 16.2. The number of likely N-dealkylation sites (tertiary alicyclic amines) is 1. The fourth-order valence-electron chi connectivity index (χ4n) is 1.93. The van der Waals surface area contributed by atoms with Gasteiger partial charge in [-0.2, -0.15) is 0 Å². The molecule has 1 saturated heterocycles. The number of carbonyl (C=O) groups excluding carboxylic acids is 1. The molecule has 4 nitrogen and oxygen atoms in total. The van der Waals surface area contributed by atoms with Gasteiger partial charge in [0.1, 0.15) is 11.4 Å². The molecule has 0 N–H and O–H groups in total. The van der Waals surface area contributed by atoms with Gasteiger partial charge in [-0.25, -0.2) is 4.79 Å². The quantitative estimate of drug-likeness (QED) is 0.831. The number of ether oxygens (including phenoxy) is 2. The van der Waals surface area contributed by atoms with Crippen molar-refractivity contribution in [2.24, 2.45) is 5.92 Å². The van der Waals surface area contributed by atoms with Gasteiger partial charge in [0.25, 0.3) is 0 Å². The van der Waals surface area contributed by atoms with Crippen LogP contribution in [0.1, 0.15) is 20.8 Å². The monoisotopic (exact) mass is 331 g/mol. The fourth-order valence-corrected chi connectivity index (χ4v) is 2.22. The van der Waals surface area contributed by atoms with Crippen LogP contribution in [0.2, 0.25) is 10.0 Å². The normalized spacial score (nSPS) is 15.6. The second kappa shape index (κ2) is 6.32. The van der Waals surface area contributed by atoms with Crippen molar-refractivity contribution in [3.8, 4) is 5.75 Å². The number of carbonyl (C=O) groups is 1. The van der Waals surface area contributed by atoms with Crippen LogP contribution in [0.25, 0.3) is 0 Å². The smallest absolute Gasteiger partial charge is 0.410 e. The zero-order valence-corrected chi connectivity index (χ0v) is 13.9. The average Bonchev–Trinajstić information content (AvgIpc) is 2.29. The van der Waals surface area contributed by atoms with Crippen LogP contribution in [-0.4, -0.2) is 36.3 Å². The van der Waals surface area contributed by atoms with Crippen LogP contribution >= 0.6 is 23.2 Å². The van der Waals surface area contributed by atoms with Crippen molar-refractivity contribution < 1.29 is 14.3 Å². The van der Waals surface area contributed by atoms with Gasteiger partial charge in [0, 0.05) is 25.1 Å². The molecule has 0 atom stereocenters. The van der Waals surface area contributed by atoms with E-state index in [0.717, 1.165) is 0 Å². The Morgan fingerprint density at radius 1 is 1.29 bits per heavy atom. The Morgan fingerprint density at radius 3 is 2.52 bits per heavy atom. The maximum Gasteiger partial charge on any atom is 0.410 e. The second-order valence-corrected chi connectivity index (χ2v) is 6.95. The molecule has 116 valence electrons. The lowest BCUT2D eigenvalue weighted by Crippen LogP contribution is -2.53. The van der Waals surface area contributed by atoms with Crippen LogP contribution in [0.3, 0.4) is 0 Å². The number of amides is 1. The van der Waals surface area contributed by atoms with Gasteiger partial charge in [-0.3, -0.25) is 0 Å². The number of nitrogens with zero attached hydrogens (tertiary/aromatic N) is 1. The van der Waals surface area contributed by atoms with E-state index in [4.69, 9.17) is 32.7 Å². The molecular weight excluding hydrogens is 313 g/mol. The molecule has 0 aliphatic carbocycles. The largest absolute Gasteiger partial charge is 0.493 e. The number of benzene rings is 1. The van der Waals surface area contributed by atoms with Crippen molar-refractivity contribution in [3.05, 3.63) is 28.2 Å². The van der Waals surface area contributed by atoms with Crippen molar-refractivity contribution in [3.63, 3.8) is 0 Å². The lowest BCUT2D eigenvalue weighted by atomic mass is 10.0. The minimum Gasteiger partial charge on any atom is -0.493 e. The maximum absolute atomic E-state index is 11.8. The molecule has 1 aliphatic heterocycles. The molecule has 1 aromatic rings. The van der Waals surface area contributed by atoms with Gasteiger partial charge >= 0.3 is 6.09 Å². The van der Waals surface area contributed by atoms with Gasteiger partial charge in [-0.15, -0.1) is 0 Å². The highest BCUT2D eigenvalue weighted by Gasteiger charge is 2.33. The van der Waals surface area contributed by atoms with E-state index < -0.39 is 5.60 Å². The molecule has 0 radical (unpaired) electrons. The molecule has 0 bridgehead atoms. The van der Waals surface area contributed by atoms with E-state index in [9.17, 15) is 4.79 Å². The first-order valence-electron chi connectivity index (χ1n) is 6.80. The number of halogens is 2. The summed E-state index contributed by atoms with van der Waals surface area (Å²) in [5.74, 6) is 0.993. The standard InChI is InChI=1S/C15H19Cl2NO3/c1-15(2,3)21-14(19)18-7-10(8-18)9-20-11-4-5-12(16)13(17)6-11/h4-6,10H,7-9H2,1-3H3. The van der Waals surface area contributed by atoms with E-state index in [1.54, 1.807) is 23.1 Å². The Balaban J connectivity index is 1.73. The summed E-state index contributed by atoms with van der Waals surface area (Å²) in [4.78, 5) is 13.4. The average molecular weight is 332 g/mol. The van der Waals surface area contributed by atoms with E-state index in [2.05, 4.69) is 0 Å². The summed E-state index contributed by atoms with van der Waals surface area (Å²) in [5.41, 5.74) is -0.460. The molecule has 1 fully saturated rings. The third-order valence-corrected chi connectivity index (χ3v) is 3.72. The molecule has 2 rings (SSSR count). The third-order valence-electron chi connectivity index (χ3n) is 2.99. The SMILES string of the molecule is CC(C)(C)OC(=O)N1CC(COc2ccc(Cl)c(Cl)c2)C1. The van der Waals surface area contributed by atoms with Crippen LogP contribution in [0.5, 0.6) is 5.75 Å². The number of hydrogen-bond acceptors (Lipinski definition) is 3. The van der Waals surface area contributed by atoms with Crippen LogP contribution in [0, 0.1) is 5.92 Å². The van der Waals surface area contributed by atoms with Crippen LogP contribution in [0.15, 0.2) is 18.2 Å². The van der Waals surface area contributed by atoms with Gasteiger partial charge in [0.05, 0.1) is 16.7 Å². The van der Waals surface area contributed by atoms with Crippen molar-refractivity contribution in [2.75, 3.05) is 19.7 Å². The molecule has 1 aliphatic rings. The van der Waals surface area contributed by atoms with Gasteiger partial charge in [0.2, 0.25) is 0 Å². The molecule has 0 unspecified atom stereocenters. The van der Waals surface area contributed by atoms with Gasteiger partial charge in [-0.1, -0.05) is 23.2 Å². The molecule has 21 heavy (non-hydrogen) atoms. The van der Waals surface area contributed by atoms with Crippen molar-refractivity contribution in [1.29, 1.82) is 0 Å². The molecular formula is C15H19Cl2NO3. The summed E-state index contributed by atoms with van der Waals surface area (Å²) in [6, 6.07) is 5.17. The van der Waals surface area contributed by atoms with E-state index >= 15 is 0 Å². The van der Waals surface area contributed by atoms with Gasteiger partial charge in [0.15, 0.2) is 0 Å². The Bertz CT molecular complexity index is 522. The zero-order valence-electron chi connectivity index (χ0n) is 12.4. The van der Waals surface area contributed by atoms with E-state index in [1.807, 2.05) is 20.8 Å². The number of hydrogen-bond donors (Lipinski definition) is 0. The third kappa shape index (κ3) is 4.68. The molecule has 0 aromatic heterocycles. The summed E-state index contributed by atoms with van der Waals surface area (Å²) in [6.45, 7) is 7.41. The fraction of sp³-hybridized carbons (Fsp3) is 0.533. The van der Waals surface area contributed by atoms with Gasteiger partial charge < -0.3 is 14.4 Å². The first-order valence-corrected chi connectivity index (χ1v) is 7.56. The van der Waals surface area contributed by atoms with Crippen molar-refractivity contribution >= 4 is 29.3 Å². The topological polar surface area (TPSA) is 38.8 Å². The minimum absolute atomic E-state index is 0.270. The summed E-state index contributed by atoms with van der Waals surface area (Å²) >= 11 is 11.8. The highest BCUT2D eigenvalue weighted by Crippen LogP contribution is 2.27. The zero-order chi connectivity index (χ0) is 15.6. The summed E-state index contributed by atoms with van der Waals surface area (Å²) < 4.78 is 10.9. The predicted octanol–water partition coefficient (Wildman–Crippen LogP) is 4.24. The molecule has 1 amide bonds. The second-order valence-electron chi connectivity index (χ2n) is 6.14. The lowest BCUT2D eigenvalue weighted by Gasteiger charge is -2.39. The molecule has 1 aromatic carbocycles. The minimum atomic E-state index is -0.460. The van der Waals surface area contributed by atoms with E-state index in [0.29, 0.717) is 41.4 Å². The lowest BCUT2D eigenvalue weighted by molar-refractivity contribution is -0.00781. The maximum atomic E-state index is 11.8. The van der Waals surface area contributed by atoms with E-state index in [1.165, 1.54) is 0 Å². The Kier molecular flexibility index (Phi) is 4.89. The number of rotatable bonds is 3. The van der Waals surface area contributed by atoms with Crippen LogP contribution in [-0.2, 0) is 4.74 Å². The summed E-state index contributed by atoms with van der Waals surface area (Å²) in [6.07, 6.45) is -0.270. The highest BCUT2D eigenvalue weighted by molar-refractivity contribution is 6.42. The van der Waals surface area contributed by atoms with Gasteiger partial charge in [-0.05, 0) is 32.9 Å². The van der Waals surface area contributed by atoms with E-state index in [-0.39, 0.29) is 6.09 Å². The molecule has 0 saturated carbocycles. The molecule has 6 heteroatoms. The van der Waals surface area contributed by atoms with Crippen LogP contribution < -0.4 is 4.74 Å². The summed E-state index contributed by atoms with van der Waals surface area (Å²) in [7, 11) is 0. The Morgan fingerprint density at radius 2 is 1.95 bits per heavy atom. The molecule has 0 spiro atoms. The summed E-state index contributed by atoms with van der Waals surface area (Å²) in [5, 5.41) is 0.974. The highest BCUT2D eigenvalue weighted by atomic mass is 35.5. The van der Waals surface area contributed by atoms with Crippen molar-refractivity contribution in [1.82, 2.24) is 4.90 Å². The Labute approximate surface area is 134 Å². The van der Waals surface area contributed by atoms with Crippen molar-refractivity contribution in [2.45, 2.75) is 26.4 Å². The molecule has 1 heterocycles. The predicted molar refractivity (Wildman–Crippen MR) is 83.3 cm³/mol. The first-order chi connectivity index (χ1) is 9.74.